The second-order valence-electron chi connectivity index (χ2n) is 4.70. The van der Waals surface area contributed by atoms with Gasteiger partial charge in [-0.25, -0.2) is 0 Å². The molecule has 0 aliphatic carbocycles. The number of hydrogen-bond acceptors (Lipinski definition) is 2. The summed E-state index contributed by atoms with van der Waals surface area (Å²) in [7, 11) is 0. The van der Waals surface area contributed by atoms with E-state index in [0.717, 1.165) is 5.56 Å². The molecule has 0 aliphatic heterocycles. The molecule has 2 aromatic rings. The molecule has 0 bridgehead atoms. The number of benzene rings is 2. The Labute approximate surface area is 144 Å². The molecule has 3 nitrogen and oxygen atoms in total. The fourth-order valence-corrected chi connectivity index (χ4v) is 2.18. The molecule has 2 rings (SSSR count). The Morgan fingerprint density at radius 3 is 2.61 bits per heavy atom. The number of carbonyl (C=O) groups excluding carboxylic acids is 1. The van der Waals surface area contributed by atoms with Crippen LogP contribution >= 0.6 is 23.2 Å². The van der Waals surface area contributed by atoms with Crippen molar-refractivity contribution >= 4 is 29.1 Å². The van der Waals surface area contributed by atoms with Crippen molar-refractivity contribution in [1.82, 2.24) is 5.32 Å². The predicted octanol–water partition coefficient (Wildman–Crippen LogP) is 3.58. The second kappa shape index (κ2) is 8.25. The first-order valence-electron chi connectivity index (χ1n) is 6.82. The monoisotopic (exact) mass is 342 g/mol. The van der Waals surface area contributed by atoms with Crippen LogP contribution < -0.4 is 5.32 Å². The minimum atomic E-state index is -0.368. The van der Waals surface area contributed by atoms with E-state index >= 15 is 0 Å². The normalized spacial score (nSPS) is 9.43. The van der Waals surface area contributed by atoms with Gasteiger partial charge in [-0.1, -0.05) is 41.3 Å². The van der Waals surface area contributed by atoms with Crippen LogP contribution in [0.25, 0.3) is 0 Å². The van der Waals surface area contributed by atoms with Crippen LogP contribution in [0.1, 0.15) is 16.7 Å². The van der Waals surface area contributed by atoms with Crippen LogP contribution in [-0.4, -0.2) is 12.5 Å². The number of halogens is 2. The highest BCUT2D eigenvalue weighted by atomic mass is 35.5. The van der Waals surface area contributed by atoms with E-state index in [9.17, 15) is 4.79 Å². The zero-order valence-electron chi connectivity index (χ0n) is 12.1. The van der Waals surface area contributed by atoms with Gasteiger partial charge in [0.1, 0.15) is 0 Å². The van der Waals surface area contributed by atoms with E-state index in [1.54, 1.807) is 36.4 Å². The summed E-state index contributed by atoms with van der Waals surface area (Å²) >= 11 is 11.8. The van der Waals surface area contributed by atoms with Gasteiger partial charge in [0.25, 0.3) is 5.91 Å². The summed E-state index contributed by atoms with van der Waals surface area (Å²) in [4.78, 5) is 11.7. The highest BCUT2D eigenvalue weighted by Gasteiger charge is 2.01. The smallest absolute Gasteiger partial charge is 0.296 e. The SMILES string of the molecule is N#Cc1cccc(C#CC(=O)NCCc2ccc(Cl)c(Cl)c2)c1. The largest absolute Gasteiger partial charge is 0.345 e. The van der Waals surface area contributed by atoms with E-state index in [0.29, 0.717) is 34.1 Å². The molecule has 0 aliphatic rings. The molecule has 1 N–H and O–H groups in total. The van der Waals surface area contributed by atoms with Gasteiger partial charge in [0.2, 0.25) is 0 Å². The van der Waals surface area contributed by atoms with Crippen LogP contribution in [0.4, 0.5) is 0 Å². The fourth-order valence-electron chi connectivity index (χ4n) is 1.86. The molecule has 0 unspecified atom stereocenters. The first kappa shape index (κ1) is 16.9. The summed E-state index contributed by atoms with van der Waals surface area (Å²) in [5, 5.41) is 12.5. The van der Waals surface area contributed by atoms with Crippen molar-refractivity contribution in [3.63, 3.8) is 0 Å². The standard InChI is InChI=1S/C18H12Cl2N2O/c19-16-6-4-14(11-17(16)20)8-9-22-18(23)7-5-13-2-1-3-15(10-13)12-21/h1-4,6,10-11H,8-9H2,(H,22,23). The third-order valence-corrected chi connectivity index (χ3v) is 3.73. The van der Waals surface area contributed by atoms with Gasteiger partial charge in [0.15, 0.2) is 0 Å². The molecule has 23 heavy (non-hydrogen) atoms. The van der Waals surface area contributed by atoms with Crippen molar-refractivity contribution in [1.29, 1.82) is 5.26 Å². The summed E-state index contributed by atoms with van der Waals surface area (Å²) in [5.41, 5.74) is 2.12. The molecule has 0 spiro atoms. The van der Waals surface area contributed by atoms with Gasteiger partial charge in [0.05, 0.1) is 21.7 Å². The maximum absolute atomic E-state index is 11.7. The molecule has 5 heteroatoms. The second-order valence-corrected chi connectivity index (χ2v) is 5.51. The number of hydrogen-bond donors (Lipinski definition) is 1. The average molecular weight is 343 g/mol. The Morgan fingerprint density at radius 1 is 1.09 bits per heavy atom. The number of rotatable bonds is 3. The first-order chi connectivity index (χ1) is 11.1. The van der Waals surface area contributed by atoms with Crippen LogP contribution in [-0.2, 0) is 11.2 Å². The number of nitrogens with one attached hydrogen (secondary N) is 1. The van der Waals surface area contributed by atoms with Crippen molar-refractivity contribution in [2.45, 2.75) is 6.42 Å². The van der Waals surface area contributed by atoms with E-state index in [1.165, 1.54) is 0 Å². The summed E-state index contributed by atoms with van der Waals surface area (Å²) in [6, 6.07) is 14.2. The lowest BCUT2D eigenvalue weighted by Gasteiger charge is -2.03. The van der Waals surface area contributed by atoms with E-state index < -0.39 is 0 Å². The van der Waals surface area contributed by atoms with Gasteiger partial charge in [-0.05, 0) is 42.3 Å². The van der Waals surface area contributed by atoms with Crippen LogP contribution in [0.15, 0.2) is 42.5 Å². The lowest BCUT2D eigenvalue weighted by atomic mass is 10.1. The molecule has 1 amide bonds. The molecule has 0 saturated carbocycles. The van der Waals surface area contributed by atoms with E-state index in [-0.39, 0.29) is 5.91 Å². The van der Waals surface area contributed by atoms with Gasteiger partial charge in [-0.15, -0.1) is 0 Å². The predicted molar refractivity (Wildman–Crippen MR) is 91.2 cm³/mol. The van der Waals surface area contributed by atoms with Crippen LogP contribution in [0.5, 0.6) is 0 Å². The third kappa shape index (κ3) is 5.34. The van der Waals surface area contributed by atoms with E-state index in [2.05, 4.69) is 17.2 Å². The highest BCUT2D eigenvalue weighted by molar-refractivity contribution is 6.42. The topological polar surface area (TPSA) is 52.9 Å². The molecule has 0 atom stereocenters. The van der Waals surface area contributed by atoms with Crippen molar-refractivity contribution in [3.05, 3.63) is 69.2 Å². The first-order valence-corrected chi connectivity index (χ1v) is 7.58. The quantitative estimate of drug-likeness (QED) is 0.866. The van der Waals surface area contributed by atoms with Crippen molar-refractivity contribution < 1.29 is 4.79 Å². The van der Waals surface area contributed by atoms with Crippen LogP contribution in [0, 0.1) is 23.2 Å². The van der Waals surface area contributed by atoms with Gasteiger partial charge >= 0.3 is 0 Å². The van der Waals surface area contributed by atoms with Crippen molar-refractivity contribution in [3.8, 4) is 17.9 Å². The lowest BCUT2D eigenvalue weighted by Crippen LogP contribution is -2.24. The minimum absolute atomic E-state index is 0.368. The molecular weight excluding hydrogens is 331 g/mol. The number of nitrogens with zero attached hydrogens (tertiary/aromatic N) is 1. The lowest BCUT2D eigenvalue weighted by molar-refractivity contribution is -0.115. The van der Waals surface area contributed by atoms with Crippen LogP contribution in [0.2, 0.25) is 10.0 Å². The highest BCUT2D eigenvalue weighted by Crippen LogP contribution is 2.22. The molecule has 0 heterocycles. The van der Waals surface area contributed by atoms with Crippen LogP contribution in [0.3, 0.4) is 0 Å². The van der Waals surface area contributed by atoms with E-state index in [4.69, 9.17) is 28.5 Å². The molecule has 0 aromatic heterocycles. The number of amides is 1. The molecule has 2 aromatic carbocycles. The fraction of sp³-hybridized carbons (Fsp3) is 0.111. The van der Waals surface area contributed by atoms with Gasteiger partial charge < -0.3 is 5.32 Å². The van der Waals surface area contributed by atoms with E-state index in [1.807, 2.05) is 12.1 Å². The zero-order chi connectivity index (χ0) is 16.7. The molecule has 114 valence electrons. The average Bonchev–Trinajstić information content (AvgIpc) is 2.56. The van der Waals surface area contributed by atoms with Gasteiger partial charge in [-0.2, -0.15) is 5.26 Å². The zero-order valence-corrected chi connectivity index (χ0v) is 13.6. The molecular formula is C18H12Cl2N2O. The maximum Gasteiger partial charge on any atom is 0.296 e. The Balaban J connectivity index is 1.87. The minimum Gasteiger partial charge on any atom is -0.345 e. The summed E-state index contributed by atoms with van der Waals surface area (Å²) in [5.74, 6) is 4.86. The summed E-state index contributed by atoms with van der Waals surface area (Å²) < 4.78 is 0. The Kier molecular flexibility index (Phi) is 6.06. The molecule has 0 fully saturated rings. The van der Waals surface area contributed by atoms with Crippen molar-refractivity contribution in [2.24, 2.45) is 0 Å². The summed E-state index contributed by atoms with van der Waals surface area (Å²) in [6.45, 7) is 0.448. The third-order valence-electron chi connectivity index (χ3n) is 3.00. The van der Waals surface area contributed by atoms with Gasteiger partial charge in [-0.3, -0.25) is 4.79 Å². The Hall–Kier alpha value is -2.46. The summed E-state index contributed by atoms with van der Waals surface area (Å²) in [6.07, 6.45) is 0.633. The molecule has 0 saturated heterocycles. The van der Waals surface area contributed by atoms with Gasteiger partial charge in [0, 0.05) is 18.0 Å². The number of carbonyl (C=O) groups is 1. The maximum atomic E-state index is 11.7. The Bertz CT molecular complexity index is 829. The number of nitriles is 1. The molecule has 0 radical (unpaired) electrons. The van der Waals surface area contributed by atoms with Crippen molar-refractivity contribution in [2.75, 3.05) is 6.54 Å². The Morgan fingerprint density at radius 2 is 1.87 bits per heavy atom.